The summed E-state index contributed by atoms with van der Waals surface area (Å²) in [7, 11) is -2.12. The van der Waals surface area contributed by atoms with Gasteiger partial charge in [-0.15, -0.1) is 0 Å². The molecule has 4 rings (SSSR count). The van der Waals surface area contributed by atoms with Crippen LogP contribution < -0.4 is 10.2 Å². The van der Waals surface area contributed by atoms with Crippen molar-refractivity contribution in [1.82, 2.24) is 4.90 Å². The van der Waals surface area contributed by atoms with E-state index in [-0.39, 0.29) is 34.6 Å². The Morgan fingerprint density at radius 3 is 2.34 bits per heavy atom. The zero-order valence-electron chi connectivity index (χ0n) is 19.3. The van der Waals surface area contributed by atoms with Gasteiger partial charge in [-0.3, -0.25) is 9.59 Å². The monoisotopic (exact) mass is 497 g/mol. The molecule has 3 aromatic rings. The molecule has 2 amide bonds. The molecule has 0 bridgehead atoms. The third-order valence-corrected chi connectivity index (χ3v) is 7.22. The number of hydrogen-bond donors (Lipinski definition) is 1. The summed E-state index contributed by atoms with van der Waals surface area (Å²) in [5, 5.41) is 2.78. The van der Waals surface area contributed by atoms with E-state index in [1.54, 1.807) is 18.2 Å². The van der Waals surface area contributed by atoms with Crippen molar-refractivity contribution in [3.63, 3.8) is 0 Å². The van der Waals surface area contributed by atoms with Crippen LogP contribution in [0, 0.1) is 0 Å². The van der Waals surface area contributed by atoms with E-state index in [1.807, 2.05) is 24.3 Å². The summed E-state index contributed by atoms with van der Waals surface area (Å²) < 4.78 is 35.9. The third-order valence-electron chi connectivity index (χ3n) is 5.56. The molecule has 1 N–H and O–H groups in total. The van der Waals surface area contributed by atoms with Gasteiger partial charge in [0, 0.05) is 31.5 Å². The molecule has 9 nitrogen and oxygen atoms in total. The highest BCUT2D eigenvalue weighted by Crippen LogP contribution is 2.20. The second-order valence-corrected chi connectivity index (χ2v) is 10.2. The predicted octanol–water partition coefficient (Wildman–Crippen LogP) is 2.80. The zero-order chi connectivity index (χ0) is 24.8. The lowest BCUT2D eigenvalue weighted by atomic mass is 10.2. The van der Waals surface area contributed by atoms with Gasteiger partial charge in [-0.05, 0) is 48.5 Å². The van der Waals surface area contributed by atoms with Gasteiger partial charge >= 0.3 is 0 Å². The van der Waals surface area contributed by atoms with E-state index < -0.39 is 15.7 Å². The molecule has 10 heteroatoms. The number of carbonyl (C=O) groups excluding carboxylic acids is 2. The summed E-state index contributed by atoms with van der Waals surface area (Å²) in [6.07, 6.45) is 0. The minimum atomic E-state index is -3.60. The number of likely N-dealkylation sites (N-methyl/N-ethyl adjacent to an activating group) is 1. The van der Waals surface area contributed by atoms with Crippen LogP contribution in [0.4, 0.5) is 11.4 Å². The molecule has 0 radical (unpaired) electrons. The Morgan fingerprint density at radius 1 is 0.971 bits per heavy atom. The molecule has 0 spiro atoms. The van der Waals surface area contributed by atoms with E-state index in [4.69, 9.17) is 9.15 Å². The van der Waals surface area contributed by atoms with Gasteiger partial charge in [-0.25, -0.2) is 8.42 Å². The normalized spacial score (nSPS) is 13.9. The molecule has 2 aromatic carbocycles. The van der Waals surface area contributed by atoms with E-state index in [2.05, 4.69) is 10.2 Å². The number of ether oxygens (including phenoxy) is 1. The second kappa shape index (κ2) is 10.7. The number of carbonyl (C=O) groups is 2. The second-order valence-electron chi connectivity index (χ2n) is 8.19. The van der Waals surface area contributed by atoms with Gasteiger partial charge in [0.25, 0.3) is 5.91 Å². The first-order chi connectivity index (χ1) is 16.8. The Hall–Kier alpha value is -3.63. The first kappa shape index (κ1) is 24.5. The molecule has 2 heterocycles. The first-order valence-electron chi connectivity index (χ1n) is 11.2. The van der Waals surface area contributed by atoms with Crippen LogP contribution in [-0.2, 0) is 25.1 Å². The van der Waals surface area contributed by atoms with Gasteiger partial charge in [0.05, 0.1) is 24.7 Å². The van der Waals surface area contributed by atoms with Crippen LogP contribution in [0.15, 0.2) is 76.0 Å². The van der Waals surface area contributed by atoms with Crippen molar-refractivity contribution in [2.24, 2.45) is 0 Å². The Kier molecular flexibility index (Phi) is 7.52. The van der Waals surface area contributed by atoms with Crippen molar-refractivity contribution in [2.75, 3.05) is 50.1 Å². The maximum absolute atomic E-state index is 12.7. The average molecular weight is 498 g/mol. The van der Waals surface area contributed by atoms with E-state index in [9.17, 15) is 18.0 Å². The van der Waals surface area contributed by atoms with Crippen molar-refractivity contribution in [2.45, 2.75) is 10.6 Å². The topological polar surface area (TPSA) is 109 Å². The van der Waals surface area contributed by atoms with Gasteiger partial charge < -0.3 is 24.3 Å². The number of sulfone groups is 1. The number of hydrogen-bond acceptors (Lipinski definition) is 7. The Bertz CT molecular complexity index is 1270. The number of morpholine rings is 1. The summed E-state index contributed by atoms with van der Waals surface area (Å²) in [6, 6.07) is 18.4. The van der Waals surface area contributed by atoms with Crippen molar-refractivity contribution >= 4 is 33.0 Å². The Labute approximate surface area is 204 Å². The fourth-order valence-corrected chi connectivity index (χ4v) is 4.99. The van der Waals surface area contributed by atoms with E-state index in [0.717, 1.165) is 18.8 Å². The van der Waals surface area contributed by atoms with Gasteiger partial charge in [-0.1, -0.05) is 18.2 Å². The van der Waals surface area contributed by atoms with E-state index in [1.165, 1.54) is 36.2 Å². The van der Waals surface area contributed by atoms with Crippen LogP contribution in [0.25, 0.3) is 0 Å². The molecule has 1 fully saturated rings. The Balaban J connectivity index is 1.31. The van der Waals surface area contributed by atoms with Gasteiger partial charge in [-0.2, -0.15) is 0 Å². The smallest absolute Gasteiger partial charge is 0.289 e. The SMILES string of the molecule is CN(CC(=O)Nc1ccc(N2CCOCC2)cc1)C(=O)c1ccc(CS(=O)(=O)c2ccccc2)o1. The van der Waals surface area contributed by atoms with Crippen LogP contribution in [0.1, 0.15) is 16.3 Å². The van der Waals surface area contributed by atoms with E-state index >= 15 is 0 Å². The molecule has 0 unspecified atom stereocenters. The number of nitrogens with zero attached hydrogens (tertiary/aromatic N) is 2. The van der Waals surface area contributed by atoms with Crippen molar-refractivity contribution in [1.29, 1.82) is 0 Å². The summed E-state index contributed by atoms with van der Waals surface area (Å²) in [5.41, 5.74) is 1.68. The van der Waals surface area contributed by atoms with Crippen molar-refractivity contribution in [3.8, 4) is 0 Å². The van der Waals surface area contributed by atoms with Crippen molar-refractivity contribution in [3.05, 3.63) is 78.3 Å². The summed E-state index contributed by atoms with van der Waals surface area (Å²) in [5.74, 6) is -1.14. The molecule has 1 saturated heterocycles. The van der Waals surface area contributed by atoms with E-state index in [0.29, 0.717) is 18.9 Å². The zero-order valence-corrected chi connectivity index (χ0v) is 20.2. The molecule has 0 aliphatic carbocycles. The van der Waals surface area contributed by atoms with Crippen LogP contribution in [0.3, 0.4) is 0 Å². The van der Waals surface area contributed by atoms with Gasteiger partial charge in [0.2, 0.25) is 5.91 Å². The number of benzene rings is 2. The summed E-state index contributed by atoms with van der Waals surface area (Å²) in [6.45, 7) is 2.84. The van der Waals surface area contributed by atoms with Crippen LogP contribution in [0.2, 0.25) is 0 Å². The summed E-state index contributed by atoms with van der Waals surface area (Å²) >= 11 is 0. The standard InChI is InChI=1S/C25H27N3O6S/c1-27(17-24(29)26-19-7-9-20(10-8-19)28-13-15-33-16-14-28)25(30)23-12-11-21(34-23)18-35(31,32)22-5-3-2-4-6-22/h2-12H,13-18H2,1H3,(H,26,29). The minimum Gasteiger partial charge on any atom is -0.455 e. The highest BCUT2D eigenvalue weighted by atomic mass is 32.2. The Morgan fingerprint density at radius 2 is 1.66 bits per heavy atom. The molecule has 35 heavy (non-hydrogen) atoms. The molecular weight excluding hydrogens is 470 g/mol. The fraction of sp³-hybridized carbons (Fsp3) is 0.280. The van der Waals surface area contributed by atoms with Gasteiger partial charge in [0.1, 0.15) is 11.5 Å². The number of rotatable bonds is 8. The highest BCUT2D eigenvalue weighted by molar-refractivity contribution is 7.90. The van der Waals surface area contributed by atoms with Gasteiger partial charge in [0.15, 0.2) is 15.6 Å². The minimum absolute atomic E-state index is 0.0339. The largest absolute Gasteiger partial charge is 0.455 e. The molecule has 0 saturated carbocycles. The molecule has 1 aromatic heterocycles. The number of amides is 2. The molecule has 184 valence electrons. The van der Waals surface area contributed by atoms with Crippen LogP contribution in [0.5, 0.6) is 0 Å². The molecular formula is C25H27N3O6S. The lowest BCUT2D eigenvalue weighted by Crippen LogP contribution is -2.36. The third kappa shape index (κ3) is 6.28. The molecule has 0 atom stereocenters. The predicted molar refractivity (Wildman–Crippen MR) is 131 cm³/mol. The lowest BCUT2D eigenvalue weighted by Gasteiger charge is -2.28. The van der Waals surface area contributed by atoms with Crippen LogP contribution >= 0.6 is 0 Å². The molecule has 1 aliphatic heterocycles. The molecule has 1 aliphatic rings. The fourth-order valence-electron chi connectivity index (χ4n) is 3.72. The highest BCUT2D eigenvalue weighted by Gasteiger charge is 2.22. The average Bonchev–Trinajstić information content (AvgIpc) is 3.32. The maximum Gasteiger partial charge on any atom is 0.289 e. The van der Waals surface area contributed by atoms with Crippen LogP contribution in [-0.4, -0.2) is 65.0 Å². The lowest BCUT2D eigenvalue weighted by molar-refractivity contribution is -0.116. The number of anilines is 2. The summed E-state index contributed by atoms with van der Waals surface area (Å²) in [4.78, 5) is 28.7. The number of furan rings is 1. The number of nitrogens with one attached hydrogen (secondary N) is 1. The first-order valence-corrected chi connectivity index (χ1v) is 12.8. The van der Waals surface area contributed by atoms with Crippen molar-refractivity contribution < 1.29 is 27.2 Å². The maximum atomic E-state index is 12.7. The quantitative estimate of drug-likeness (QED) is 0.510.